The molecule has 1 fully saturated rings. The maximum absolute atomic E-state index is 12.2. The number of rotatable bonds is 5. The Balaban J connectivity index is 1.59. The number of benzene rings is 1. The molecule has 1 saturated carbocycles. The third-order valence-electron chi connectivity index (χ3n) is 5.78. The smallest absolute Gasteiger partial charge is 0.407 e. The monoisotopic (exact) mass is 486 g/mol. The van der Waals surface area contributed by atoms with Crippen molar-refractivity contribution in [2.45, 2.75) is 69.0 Å². The SMILES string of the molecule is CC(C)(C)OC(=O)NC1CCC(N(c2ccc(S(C)(=O)=O)cc2)c2ncnc3[nH]ncc23)CC1. The summed E-state index contributed by atoms with van der Waals surface area (Å²) in [6.45, 7) is 5.53. The summed E-state index contributed by atoms with van der Waals surface area (Å²) in [5, 5.41) is 10.7. The molecule has 2 N–H and O–H groups in total. The van der Waals surface area contributed by atoms with E-state index in [2.05, 4.69) is 30.4 Å². The van der Waals surface area contributed by atoms with Crippen molar-refractivity contribution in [1.29, 1.82) is 0 Å². The van der Waals surface area contributed by atoms with E-state index in [1.807, 2.05) is 20.8 Å². The molecule has 0 saturated heterocycles. The Morgan fingerprint density at radius 1 is 1.12 bits per heavy atom. The van der Waals surface area contributed by atoms with Crippen LogP contribution in [0.3, 0.4) is 0 Å². The molecule has 1 aliphatic rings. The quantitative estimate of drug-likeness (QED) is 0.558. The molecule has 2 aromatic heterocycles. The van der Waals surface area contributed by atoms with Crippen molar-refractivity contribution in [2.75, 3.05) is 11.2 Å². The Morgan fingerprint density at radius 3 is 2.41 bits per heavy atom. The largest absolute Gasteiger partial charge is 0.444 e. The van der Waals surface area contributed by atoms with Crippen LogP contribution in [-0.2, 0) is 14.6 Å². The van der Waals surface area contributed by atoms with Gasteiger partial charge < -0.3 is 15.0 Å². The zero-order valence-electron chi connectivity index (χ0n) is 19.8. The number of sulfone groups is 1. The topological polar surface area (TPSA) is 130 Å². The molecule has 0 aliphatic heterocycles. The lowest BCUT2D eigenvalue weighted by Gasteiger charge is -2.38. The standard InChI is InChI=1S/C23H30N6O4S/c1-23(2,3)33-22(30)27-15-5-7-16(8-6-15)29(17-9-11-18(12-10-17)34(4,31)32)21-19-13-26-28-20(19)24-14-25-21/h9-16H,5-8H2,1-4H3,(H,27,30)(H,24,25,26,28). The average molecular weight is 487 g/mol. The van der Waals surface area contributed by atoms with Gasteiger partial charge in [0.05, 0.1) is 16.5 Å². The molecular weight excluding hydrogens is 456 g/mol. The molecule has 0 unspecified atom stereocenters. The average Bonchev–Trinajstić information content (AvgIpc) is 3.23. The number of nitrogens with zero attached hydrogens (tertiary/aromatic N) is 4. The van der Waals surface area contributed by atoms with Crippen LogP contribution in [0.4, 0.5) is 16.3 Å². The van der Waals surface area contributed by atoms with Gasteiger partial charge in [-0.1, -0.05) is 0 Å². The minimum absolute atomic E-state index is 0.0277. The van der Waals surface area contributed by atoms with Crippen molar-refractivity contribution in [3.8, 4) is 0 Å². The highest BCUT2D eigenvalue weighted by Crippen LogP contribution is 2.36. The predicted molar refractivity (Wildman–Crippen MR) is 129 cm³/mol. The number of carbonyl (C=O) groups excluding carboxylic acids is 1. The molecule has 4 rings (SSSR count). The van der Waals surface area contributed by atoms with Gasteiger partial charge in [0, 0.05) is 24.0 Å². The maximum atomic E-state index is 12.2. The zero-order valence-corrected chi connectivity index (χ0v) is 20.6. The van der Waals surface area contributed by atoms with E-state index in [4.69, 9.17) is 4.74 Å². The van der Waals surface area contributed by atoms with Crippen LogP contribution in [0, 0.1) is 0 Å². The molecule has 34 heavy (non-hydrogen) atoms. The van der Waals surface area contributed by atoms with Crippen molar-refractivity contribution < 1.29 is 17.9 Å². The predicted octanol–water partition coefficient (Wildman–Crippen LogP) is 3.73. The number of nitrogens with one attached hydrogen (secondary N) is 2. The van der Waals surface area contributed by atoms with Crippen molar-refractivity contribution in [1.82, 2.24) is 25.5 Å². The van der Waals surface area contributed by atoms with Crippen LogP contribution in [0.5, 0.6) is 0 Å². The zero-order chi connectivity index (χ0) is 24.5. The number of H-pyrrole nitrogens is 1. The highest BCUT2D eigenvalue weighted by Gasteiger charge is 2.31. The van der Waals surface area contributed by atoms with E-state index in [0.717, 1.165) is 36.8 Å². The fraction of sp³-hybridized carbons (Fsp3) is 0.478. The Morgan fingerprint density at radius 2 is 1.79 bits per heavy atom. The molecule has 3 aromatic rings. The lowest BCUT2D eigenvalue weighted by molar-refractivity contribution is 0.0491. The molecule has 10 nitrogen and oxygen atoms in total. The molecule has 0 atom stereocenters. The lowest BCUT2D eigenvalue weighted by Crippen LogP contribution is -2.44. The van der Waals surface area contributed by atoms with Crippen LogP contribution >= 0.6 is 0 Å². The summed E-state index contributed by atoms with van der Waals surface area (Å²) in [7, 11) is -3.30. The van der Waals surface area contributed by atoms with Crippen LogP contribution in [0.15, 0.2) is 41.7 Å². The summed E-state index contributed by atoms with van der Waals surface area (Å²) in [4.78, 5) is 23.4. The minimum atomic E-state index is -3.30. The first kappa shape index (κ1) is 23.9. The van der Waals surface area contributed by atoms with E-state index in [-0.39, 0.29) is 17.0 Å². The summed E-state index contributed by atoms with van der Waals surface area (Å²) in [6, 6.07) is 6.95. The first-order chi connectivity index (χ1) is 16.0. The van der Waals surface area contributed by atoms with Gasteiger partial charge in [0.25, 0.3) is 0 Å². The molecule has 1 aromatic carbocycles. The molecule has 1 amide bonds. The Bertz CT molecular complexity index is 1260. The Labute approximate surface area is 199 Å². The molecule has 0 bridgehead atoms. The maximum Gasteiger partial charge on any atom is 0.407 e. The number of ether oxygens (including phenoxy) is 1. The van der Waals surface area contributed by atoms with Crippen LogP contribution in [-0.4, -0.2) is 58.6 Å². The van der Waals surface area contributed by atoms with E-state index in [9.17, 15) is 13.2 Å². The first-order valence-electron chi connectivity index (χ1n) is 11.2. The van der Waals surface area contributed by atoms with Crippen molar-refractivity contribution in [2.24, 2.45) is 0 Å². The highest BCUT2D eigenvalue weighted by atomic mass is 32.2. The lowest BCUT2D eigenvalue weighted by atomic mass is 9.89. The number of hydrogen-bond donors (Lipinski definition) is 2. The van der Waals surface area contributed by atoms with Gasteiger partial charge in [0.15, 0.2) is 15.5 Å². The second kappa shape index (κ2) is 9.21. The molecule has 1 aliphatic carbocycles. The fourth-order valence-corrected chi connectivity index (χ4v) is 4.89. The molecular formula is C23H30N6O4S. The number of fused-ring (bicyclic) bond motifs is 1. The Hall–Kier alpha value is -3.21. The summed E-state index contributed by atoms with van der Waals surface area (Å²) in [5.41, 5.74) is 0.916. The normalized spacial score (nSPS) is 19.1. The van der Waals surface area contributed by atoms with Gasteiger partial charge >= 0.3 is 6.09 Å². The number of hydrogen-bond acceptors (Lipinski definition) is 8. The number of aromatic amines is 1. The number of amides is 1. The number of carbonyl (C=O) groups is 1. The summed E-state index contributed by atoms with van der Waals surface area (Å²) in [6.07, 6.45) is 7.14. The number of alkyl carbamates (subject to hydrolysis) is 1. The number of aromatic nitrogens is 4. The second-order valence-electron chi connectivity index (χ2n) is 9.62. The van der Waals surface area contributed by atoms with E-state index in [1.54, 1.807) is 30.5 Å². The van der Waals surface area contributed by atoms with Crippen LogP contribution < -0.4 is 10.2 Å². The summed E-state index contributed by atoms with van der Waals surface area (Å²) >= 11 is 0. The molecule has 0 spiro atoms. The summed E-state index contributed by atoms with van der Waals surface area (Å²) < 4.78 is 29.3. The third kappa shape index (κ3) is 5.46. The van der Waals surface area contributed by atoms with Crippen molar-refractivity contribution in [3.63, 3.8) is 0 Å². The van der Waals surface area contributed by atoms with Gasteiger partial charge in [0.1, 0.15) is 17.7 Å². The van der Waals surface area contributed by atoms with Gasteiger partial charge in [-0.25, -0.2) is 23.2 Å². The van der Waals surface area contributed by atoms with E-state index >= 15 is 0 Å². The van der Waals surface area contributed by atoms with Gasteiger partial charge in [-0.2, -0.15) is 5.10 Å². The van der Waals surface area contributed by atoms with Crippen molar-refractivity contribution in [3.05, 3.63) is 36.8 Å². The van der Waals surface area contributed by atoms with E-state index < -0.39 is 21.5 Å². The third-order valence-corrected chi connectivity index (χ3v) is 6.91. The van der Waals surface area contributed by atoms with Gasteiger partial charge in [-0.15, -0.1) is 0 Å². The molecule has 2 heterocycles. The number of anilines is 2. The second-order valence-corrected chi connectivity index (χ2v) is 11.6. The summed E-state index contributed by atoms with van der Waals surface area (Å²) in [5.74, 6) is 0.703. The van der Waals surface area contributed by atoms with E-state index in [1.165, 1.54) is 12.6 Å². The molecule has 0 radical (unpaired) electrons. The highest BCUT2D eigenvalue weighted by molar-refractivity contribution is 7.90. The molecule has 11 heteroatoms. The fourth-order valence-electron chi connectivity index (χ4n) is 4.26. The van der Waals surface area contributed by atoms with Gasteiger partial charge in [-0.05, 0) is 70.7 Å². The van der Waals surface area contributed by atoms with Crippen LogP contribution in [0.1, 0.15) is 46.5 Å². The van der Waals surface area contributed by atoms with Gasteiger partial charge in [-0.3, -0.25) is 5.10 Å². The molecule has 182 valence electrons. The van der Waals surface area contributed by atoms with Crippen LogP contribution in [0.25, 0.3) is 11.0 Å². The first-order valence-corrected chi connectivity index (χ1v) is 13.1. The van der Waals surface area contributed by atoms with Crippen LogP contribution in [0.2, 0.25) is 0 Å². The minimum Gasteiger partial charge on any atom is -0.444 e. The van der Waals surface area contributed by atoms with Gasteiger partial charge in [0.2, 0.25) is 0 Å². The van der Waals surface area contributed by atoms with E-state index in [0.29, 0.717) is 11.5 Å². The van der Waals surface area contributed by atoms with Crippen molar-refractivity contribution >= 4 is 38.5 Å². The Kier molecular flexibility index (Phi) is 6.48.